The summed E-state index contributed by atoms with van der Waals surface area (Å²) in [6.45, 7) is 0. The number of pyridine rings is 1. The molecule has 2 aliphatic carbocycles. The molecular formula is C34H26ClF6N9O4S. The summed E-state index contributed by atoms with van der Waals surface area (Å²) >= 11 is 6.56. The van der Waals surface area contributed by atoms with E-state index < -0.39 is 98.5 Å². The number of aryl methyl sites for hydroxylation is 1. The lowest BCUT2D eigenvalue weighted by molar-refractivity contribution is -0.122. The number of alkyl halides is 4. The second kappa shape index (κ2) is 12.5. The third-order valence-corrected chi connectivity index (χ3v) is 10.8. The molecule has 21 heteroatoms. The highest BCUT2D eigenvalue weighted by atomic mass is 35.5. The van der Waals surface area contributed by atoms with E-state index in [0.29, 0.717) is 10.7 Å². The topological polar surface area (TPSA) is 173 Å². The number of primary amides is 1. The predicted octanol–water partition coefficient (Wildman–Crippen LogP) is 5.37. The number of hydrogen-bond acceptors (Lipinski definition) is 8. The van der Waals surface area contributed by atoms with Gasteiger partial charge < -0.3 is 5.73 Å². The van der Waals surface area contributed by atoms with Gasteiger partial charge in [-0.25, -0.2) is 40.6 Å². The highest BCUT2D eigenvalue weighted by Gasteiger charge is 2.67. The van der Waals surface area contributed by atoms with Crippen LogP contribution in [0.4, 0.5) is 32.2 Å². The molecule has 0 saturated heterocycles. The molecular weight excluding hydrogens is 780 g/mol. The zero-order chi connectivity index (χ0) is 39.5. The van der Waals surface area contributed by atoms with E-state index in [2.05, 4.69) is 24.9 Å². The molecule has 286 valence electrons. The molecule has 8 rings (SSSR count). The maximum absolute atomic E-state index is 16.0. The first-order valence-electron chi connectivity index (χ1n) is 16.4. The lowest BCUT2D eigenvalue weighted by Gasteiger charge is -2.29. The molecule has 4 aromatic heterocycles. The van der Waals surface area contributed by atoms with Crippen LogP contribution in [0.15, 0.2) is 53.5 Å². The van der Waals surface area contributed by atoms with Crippen molar-refractivity contribution in [2.45, 2.75) is 43.1 Å². The number of halogens is 7. The predicted molar refractivity (Wildman–Crippen MR) is 186 cm³/mol. The Kier molecular flexibility index (Phi) is 8.30. The lowest BCUT2D eigenvalue weighted by Crippen LogP contribution is -2.39. The fraction of sp³-hybridized carbons (Fsp3) is 0.294. The summed E-state index contributed by atoms with van der Waals surface area (Å²) in [7, 11) is -2.53. The molecule has 0 bridgehead atoms. The minimum absolute atomic E-state index is 0.0109. The summed E-state index contributed by atoms with van der Waals surface area (Å²) < 4.78 is 120. The highest BCUT2D eigenvalue weighted by Crippen LogP contribution is 2.68. The summed E-state index contributed by atoms with van der Waals surface area (Å²) in [5.41, 5.74) is 2.31. The first-order valence-corrected chi connectivity index (χ1v) is 18.7. The van der Waals surface area contributed by atoms with Gasteiger partial charge in [0.2, 0.25) is 15.9 Å². The van der Waals surface area contributed by atoms with Crippen LogP contribution in [0.2, 0.25) is 5.02 Å². The standard InChI is InChI=1S/C34H26ClF6N9O4S/c1-48-26-21(6-5-20(35)23(26)31(46-48)47-55(2,53)54)49-32(44-30-16(33(49)52)4-3-7-43-30)18(10-13-8-14(36)11-15(37)9-13)25(29(42)51)50-27-22(24(45-50)28(38)39)17-12-19(17)34(27,40)41/h3-9,11,17-19,25,28H,10,12H2,1-2H3,(H2,42,51)(H,46,47)/t17-,18-,19+,25?/m0/s1. The van der Waals surface area contributed by atoms with E-state index in [1.165, 1.54) is 42.2 Å². The number of fused-ring (bicyclic) bond motifs is 5. The van der Waals surface area contributed by atoms with Gasteiger partial charge in [-0.1, -0.05) is 11.6 Å². The number of hydrogen-bond donors (Lipinski definition) is 2. The average molecular weight is 806 g/mol. The molecule has 0 aliphatic heterocycles. The Bertz CT molecular complexity index is 2770. The summed E-state index contributed by atoms with van der Waals surface area (Å²) in [5, 5.41) is 8.00. The van der Waals surface area contributed by atoms with Gasteiger partial charge in [-0.2, -0.15) is 19.0 Å². The SMILES string of the molecule is Cn1nc(NS(C)(=O)=O)c2c(Cl)ccc(-n3c([C@@H](Cc4cc(F)cc(F)c4)C(C(N)=O)n4nc(C(F)F)c5c4C(F)(F)[C@@H]4C[C@H]54)nc4ncccc4c3=O)c21. The Balaban J connectivity index is 1.48. The van der Waals surface area contributed by atoms with E-state index in [9.17, 15) is 35.6 Å². The number of rotatable bonds is 10. The van der Waals surface area contributed by atoms with Gasteiger partial charge in [0, 0.05) is 30.8 Å². The molecule has 2 aromatic carbocycles. The van der Waals surface area contributed by atoms with Crippen molar-refractivity contribution in [3.8, 4) is 5.69 Å². The van der Waals surface area contributed by atoms with Gasteiger partial charge in [0.15, 0.2) is 11.5 Å². The molecule has 6 aromatic rings. The molecule has 2 aliphatic rings. The number of amides is 1. The van der Waals surface area contributed by atoms with Crippen LogP contribution in [-0.4, -0.2) is 54.7 Å². The van der Waals surface area contributed by atoms with Crippen molar-refractivity contribution in [2.24, 2.45) is 18.7 Å². The molecule has 1 amide bonds. The Morgan fingerprint density at radius 3 is 2.49 bits per heavy atom. The van der Waals surface area contributed by atoms with Crippen molar-refractivity contribution in [1.29, 1.82) is 0 Å². The summed E-state index contributed by atoms with van der Waals surface area (Å²) in [6, 6.07) is 5.66. The van der Waals surface area contributed by atoms with E-state index >= 15 is 8.78 Å². The maximum Gasteiger partial charge on any atom is 0.293 e. The maximum atomic E-state index is 16.0. The first kappa shape index (κ1) is 36.5. The molecule has 1 fully saturated rings. The summed E-state index contributed by atoms with van der Waals surface area (Å²) in [5.74, 6) is -12.0. The largest absolute Gasteiger partial charge is 0.368 e. The number of aromatic nitrogens is 7. The Hall–Kier alpha value is -5.50. The number of sulfonamides is 1. The number of carbonyl (C=O) groups excluding carboxylic acids is 1. The molecule has 0 radical (unpaired) electrons. The van der Waals surface area contributed by atoms with Crippen molar-refractivity contribution in [3.05, 3.63) is 104 Å². The van der Waals surface area contributed by atoms with Gasteiger partial charge in [0.05, 0.1) is 39.2 Å². The summed E-state index contributed by atoms with van der Waals surface area (Å²) in [6.07, 6.45) is -1.91. The molecule has 1 saturated carbocycles. The molecule has 55 heavy (non-hydrogen) atoms. The van der Waals surface area contributed by atoms with Gasteiger partial charge in [0.25, 0.3) is 17.9 Å². The number of nitrogens with two attached hydrogens (primary N) is 1. The Morgan fingerprint density at radius 1 is 1.13 bits per heavy atom. The van der Waals surface area contributed by atoms with Crippen LogP contribution in [-0.2, 0) is 34.2 Å². The van der Waals surface area contributed by atoms with E-state index in [4.69, 9.17) is 17.3 Å². The third-order valence-electron chi connectivity index (χ3n) is 9.88. The number of anilines is 1. The fourth-order valence-corrected chi connectivity index (χ4v) is 8.47. The molecule has 4 heterocycles. The zero-order valence-corrected chi connectivity index (χ0v) is 29.9. The second-order valence-corrected chi connectivity index (χ2v) is 15.7. The van der Waals surface area contributed by atoms with Crippen LogP contribution in [0.5, 0.6) is 0 Å². The van der Waals surface area contributed by atoms with Crippen molar-refractivity contribution in [2.75, 3.05) is 11.0 Å². The van der Waals surface area contributed by atoms with E-state index in [-0.39, 0.29) is 50.4 Å². The smallest absolute Gasteiger partial charge is 0.293 e. The zero-order valence-electron chi connectivity index (χ0n) is 28.3. The minimum atomic E-state index is -3.93. The van der Waals surface area contributed by atoms with Gasteiger partial charge >= 0.3 is 0 Å². The van der Waals surface area contributed by atoms with Crippen molar-refractivity contribution >= 4 is 55.3 Å². The van der Waals surface area contributed by atoms with Gasteiger partial charge in [-0.15, -0.1) is 0 Å². The van der Waals surface area contributed by atoms with Crippen LogP contribution in [0.1, 0.15) is 59.1 Å². The van der Waals surface area contributed by atoms with Crippen LogP contribution in [0.3, 0.4) is 0 Å². The Labute approximate surface area is 310 Å². The van der Waals surface area contributed by atoms with Crippen molar-refractivity contribution < 1.29 is 39.6 Å². The number of nitrogens with zero attached hydrogens (tertiary/aromatic N) is 7. The minimum Gasteiger partial charge on any atom is -0.368 e. The van der Waals surface area contributed by atoms with Gasteiger partial charge in [-0.05, 0) is 60.7 Å². The highest BCUT2D eigenvalue weighted by molar-refractivity contribution is 7.92. The van der Waals surface area contributed by atoms with E-state index in [0.717, 1.165) is 23.0 Å². The van der Waals surface area contributed by atoms with Crippen molar-refractivity contribution in [1.82, 2.24) is 34.1 Å². The molecule has 3 N–H and O–H groups in total. The quantitative estimate of drug-likeness (QED) is 0.174. The van der Waals surface area contributed by atoms with E-state index in [1.54, 1.807) is 0 Å². The Morgan fingerprint density at radius 2 is 1.84 bits per heavy atom. The molecule has 13 nitrogen and oxygen atoms in total. The molecule has 4 atom stereocenters. The molecule has 0 spiro atoms. The van der Waals surface area contributed by atoms with Crippen LogP contribution in [0.25, 0.3) is 27.6 Å². The third kappa shape index (κ3) is 5.88. The second-order valence-electron chi connectivity index (χ2n) is 13.5. The van der Waals surface area contributed by atoms with Crippen LogP contribution >= 0.6 is 11.6 Å². The van der Waals surface area contributed by atoms with E-state index in [1.807, 2.05) is 0 Å². The average Bonchev–Trinajstić information content (AvgIpc) is 3.62. The van der Waals surface area contributed by atoms with Crippen LogP contribution in [0, 0.1) is 17.6 Å². The van der Waals surface area contributed by atoms with Gasteiger partial charge in [-0.3, -0.25) is 23.6 Å². The van der Waals surface area contributed by atoms with Crippen LogP contribution < -0.4 is 16.0 Å². The van der Waals surface area contributed by atoms with Gasteiger partial charge in [0.1, 0.15) is 34.9 Å². The number of nitrogens with one attached hydrogen (secondary N) is 1. The summed E-state index contributed by atoms with van der Waals surface area (Å²) in [4.78, 5) is 37.2. The normalized spacial score (nSPS) is 18.4. The monoisotopic (exact) mass is 805 g/mol. The first-order chi connectivity index (χ1) is 25.9. The lowest BCUT2D eigenvalue weighted by atomic mass is 9.89. The molecule has 1 unspecified atom stereocenters. The van der Waals surface area contributed by atoms with Crippen molar-refractivity contribution in [3.63, 3.8) is 0 Å². The number of benzene rings is 2. The fourth-order valence-electron chi connectivity index (χ4n) is 7.73. The number of carbonyl (C=O) groups is 1.